The van der Waals surface area contributed by atoms with Gasteiger partial charge in [0.2, 0.25) is 5.91 Å². The van der Waals surface area contributed by atoms with Crippen LogP contribution in [0.15, 0.2) is 36.5 Å². The van der Waals surface area contributed by atoms with Crippen LogP contribution in [0.5, 0.6) is 0 Å². The van der Waals surface area contributed by atoms with Gasteiger partial charge >= 0.3 is 0 Å². The van der Waals surface area contributed by atoms with Crippen molar-refractivity contribution >= 4 is 5.91 Å². The van der Waals surface area contributed by atoms with Crippen LogP contribution in [-0.2, 0) is 4.79 Å². The third kappa shape index (κ3) is 55.3. The average molecular weight is 1040 g/mol. The average Bonchev–Trinajstić information content (AvgIpc) is 3.41. The van der Waals surface area contributed by atoms with E-state index >= 15 is 0 Å². The Morgan fingerprint density at radius 3 is 0.892 bits per heavy atom. The molecule has 4 unspecified atom stereocenters. The summed E-state index contributed by atoms with van der Waals surface area (Å²) < 4.78 is 0. The van der Waals surface area contributed by atoms with E-state index in [-0.39, 0.29) is 0 Å². The molecular formula is C68H131NO5. The van der Waals surface area contributed by atoms with Crippen molar-refractivity contribution in [2.75, 3.05) is 6.61 Å². The van der Waals surface area contributed by atoms with E-state index in [0.717, 1.165) is 44.9 Å². The zero-order valence-electron chi connectivity index (χ0n) is 49.9. The predicted molar refractivity (Wildman–Crippen MR) is 325 cm³/mol. The number of carbonyl (C=O) groups is 1. The largest absolute Gasteiger partial charge is 0.394 e. The van der Waals surface area contributed by atoms with Crippen LogP contribution in [0.1, 0.15) is 361 Å². The maximum atomic E-state index is 12.6. The predicted octanol–water partition coefficient (Wildman–Crippen LogP) is 20.3. The molecule has 0 fully saturated rings. The third-order valence-corrected chi connectivity index (χ3v) is 15.8. The Morgan fingerprint density at radius 1 is 0.338 bits per heavy atom. The lowest BCUT2D eigenvalue weighted by Gasteiger charge is -2.27. The van der Waals surface area contributed by atoms with E-state index in [9.17, 15) is 25.2 Å². The van der Waals surface area contributed by atoms with Gasteiger partial charge in [-0.25, -0.2) is 0 Å². The van der Waals surface area contributed by atoms with Crippen LogP contribution >= 0.6 is 0 Å². The number of aliphatic hydroxyl groups excluding tert-OH is 4. The van der Waals surface area contributed by atoms with Crippen molar-refractivity contribution in [1.82, 2.24) is 5.32 Å². The van der Waals surface area contributed by atoms with E-state index in [0.29, 0.717) is 12.8 Å². The van der Waals surface area contributed by atoms with Gasteiger partial charge in [0.15, 0.2) is 0 Å². The topological polar surface area (TPSA) is 110 Å². The summed E-state index contributed by atoms with van der Waals surface area (Å²) in [6, 6.07) is -1.00. The number of rotatable bonds is 62. The van der Waals surface area contributed by atoms with Gasteiger partial charge in [-0.1, -0.05) is 326 Å². The van der Waals surface area contributed by atoms with Crippen molar-refractivity contribution in [2.24, 2.45) is 0 Å². The fraction of sp³-hybridized carbons (Fsp3) is 0.897. The second-order valence-electron chi connectivity index (χ2n) is 23.2. The lowest BCUT2D eigenvalue weighted by atomic mass is 10.00. The van der Waals surface area contributed by atoms with Crippen LogP contribution in [-0.4, -0.2) is 57.3 Å². The minimum absolute atomic E-state index is 0.363. The van der Waals surface area contributed by atoms with Gasteiger partial charge in [-0.2, -0.15) is 0 Å². The van der Waals surface area contributed by atoms with Crippen molar-refractivity contribution in [3.05, 3.63) is 36.5 Å². The summed E-state index contributed by atoms with van der Waals surface area (Å²) >= 11 is 0. The monoisotopic (exact) mass is 1040 g/mol. The number of nitrogens with one attached hydrogen (secondary N) is 1. The number of hydrogen-bond acceptors (Lipinski definition) is 5. The first-order valence-electron chi connectivity index (χ1n) is 33.4. The lowest BCUT2D eigenvalue weighted by molar-refractivity contribution is -0.132. The summed E-state index contributed by atoms with van der Waals surface area (Å²) in [6.07, 6.45) is 79.7. The van der Waals surface area contributed by atoms with E-state index in [1.54, 1.807) is 0 Å². The maximum absolute atomic E-state index is 12.6. The minimum Gasteiger partial charge on any atom is -0.394 e. The second-order valence-corrected chi connectivity index (χ2v) is 23.2. The Balaban J connectivity index is 3.59. The lowest BCUT2D eigenvalue weighted by Crippen LogP contribution is -2.53. The van der Waals surface area contributed by atoms with Crippen LogP contribution in [0.2, 0.25) is 0 Å². The van der Waals surface area contributed by atoms with Crippen molar-refractivity contribution < 1.29 is 25.2 Å². The van der Waals surface area contributed by atoms with Gasteiger partial charge in [0.25, 0.3) is 0 Å². The molecule has 0 bridgehead atoms. The molecule has 0 rings (SSSR count). The summed E-state index contributed by atoms with van der Waals surface area (Å²) in [5, 5.41) is 44.2. The highest BCUT2D eigenvalue weighted by Gasteiger charge is 2.28. The molecule has 4 atom stereocenters. The molecule has 0 aliphatic heterocycles. The first-order chi connectivity index (χ1) is 36.5. The number of aliphatic hydroxyl groups is 4. The molecule has 0 saturated carbocycles. The summed E-state index contributed by atoms with van der Waals surface area (Å²) in [5.74, 6) is -0.589. The Labute approximate surface area is 462 Å². The Bertz CT molecular complexity index is 1170. The molecule has 5 N–H and O–H groups in total. The molecule has 0 radical (unpaired) electrons. The van der Waals surface area contributed by atoms with Gasteiger partial charge in [0, 0.05) is 0 Å². The minimum atomic E-state index is -1.28. The quantitative estimate of drug-likeness (QED) is 0.0308. The summed E-state index contributed by atoms with van der Waals surface area (Å²) in [7, 11) is 0. The molecule has 0 aromatic heterocycles. The highest BCUT2D eigenvalue weighted by Crippen LogP contribution is 2.19. The number of amides is 1. The van der Waals surface area contributed by atoms with Gasteiger partial charge in [0.1, 0.15) is 12.2 Å². The molecule has 0 aromatic rings. The molecule has 0 aromatic carbocycles. The summed E-state index contributed by atoms with van der Waals surface area (Å²) in [6.45, 7) is 4.09. The molecule has 74 heavy (non-hydrogen) atoms. The molecular weight excluding hydrogens is 911 g/mol. The molecule has 0 aliphatic rings. The third-order valence-electron chi connectivity index (χ3n) is 15.8. The first-order valence-corrected chi connectivity index (χ1v) is 33.4. The molecule has 0 aliphatic carbocycles. The zero-order valence-corrected chi connectivity index (χ0v) is 49.9. The number of allylic oxidation sites excluding steroid dienone is 6. The van der Waals surface area contributed by atoms with Gasteiger partial charge < -0.3 is 25.7 Å². The fourth-order valence-electron chi connectivity index (χ4n) is 10.6. The molecule has 0 saturated heterocycles. The van der Waals surface area contributed by atoms with Crippen LogP contribution in [0.3, 0.4) is 0 Å². The van der Waals surface area contributed by atoms with Crippen LogP contribution in [0.25, 0.3) is 0 Å². The van der Waals surface area contributed by atoms with Crippen molar-refractivity contribution in [3.8, 4) is 0 Å². The molecule has 1 amide bonds. The normalized spacial score (nSPS) is 13.8. The zero-order chi connectivity index (χ0) is 53.7. The first kappa shape index (κ1) is 72.5. The molecule has 6 heteroatoms. The summed E-state index contributed by atoms with van der Waals surface area (Å²) in [5.41, 5.74) is 0. The Morgan fingerprint density at radius 2 is 0.595 bits per heavy atom. The highest BCUT2D eigenvalue weighted by atomic mass is 16.3. The van der Waals surface area contributed by atoms with E-state index in [4.69, 9.17) is 0 Å². The molecule has 438 valence electrons. The second kappa shape index (κ2) is 62.4. The Kier molecular flexibility index (Phi) is 61.1. The van der Waals surface area contributed by atoms with Crippen molar-refractivity contribution in [2.45, 2.75) is 385 Å². The number of carbonyl (C=O) groups excluding carboxylic acids is 1. The number of unbranched alkanes of at least 4 members (excludes halogenated alkanes) is 47. The van der Waals surface area contributed by atoms with Gasteiger partial charge in [-0.15, -0.1) is 0 Å². The van der Waals surface area contributed by atoms with Gasteiger partial charge in [-0.05, 0) is 70.6 Å². The van der Waals surface area contributed by atoms with E-state index < -0.39 is 36.9 Å². The molecule has 0 heterocycles. The van der Waals surface area contributed by atoms with E-state index in [1.807, 2.05) is 0 Å². The van der Waals surface area contributed by atoms with E-state index in [2.05, 4.69) is 55.6 Å². The van der Waals surface area contributed by atoms with Crippen molar-refractivity contribution in [1.29, 1.82) is 0 Å². The summed E-state index contributed by atoms with van der Waals surface area (Å²) in [4.78, 5) is 12.6. The SMILES string of the molecule is CCCCCCCCCCC/C=C\C/C=C\CCCCCCCCCCCCCCCCC(O)C(=O)NC(CO)C(O)C(O)CCC/C=C/CCCCCCCCCCCCCCCCCCCCCCCCC. The highest BCUT2D eigenvalue weighted by molar-refractivity contribution is 5.80. The Hall–Kier alpha value is -1.47. The standard InChI is InChI=1S/C68H131NO5/c1-3-5-7-9-11-13-15-17-19-21-23-25-27-29-31-33-34-36-38-40-42-44-46-48-50-52-54-56-58-60-62-66(72)68(74)69-64(63-70)67(73)65(71)61-59-57-55-53-51-49-47-45-43-41-39-37-35-32-30-28-26-24-22-20-18-16-14-12-10-8-6-4-2/h23,25,29,31,53,55,64-67,70-73H,3-22,24,26-28,30,32-52,54,56-63H2,1-2H3,(H,69,74)/b25-23-,31-29-,55-53+. The van der Waals surface area contributed by atoms with Gasteiger partial charge in [-0.3, -0.25) is 4.79 Å². The van der Waals surface area contributed by atoms with Crippen LogP contribution in [0.4, 0.5) is 0 Å². The van der Waals surface area contributed by atoms with Crippen molar-refractivity contribution in [3.63, 3.8) is 0 Å². The maximum Gasteiger partial charge on any atom is 0.249 e. The fourth-order valence-corrected chi connectivity index (χ4v) is 10.6. The number of hydrogen-bond donors (Lipinski definition) is 5. The van der Waals surface area contributed by atoms with Crippen LogP contribution in [0, 0.1) is 0 Å². The molecule has 0 spiro atoms. The molecule has 6 nitrogen and oxygen atoms in total. The van der Waals surface area contributed by atoms with Crippen LogP contribution < -0.4 is 5.32 Å². The van der Waals surface area contributed by atoms with Gasteiger partial charge in [0.05, 0.1) is 18.8 Å². The smallest absolute Gasteiger partial charge is 0.249 e. The van der Waals surface area contributed by atoms with E-state index in [1.165, 1.54) is 289 Å².